The van der Waals surface area contributed by atoms with Crippen molar-refractivity contribution >= 4 is 28.9 Å². The number of carbonyl (C=O) groups excluding carboxylic acids is 1. The molecule has 0 radical (unpaired) electrons. The number of fused-ring (bicyclic) bond motifs is 1. The van der Waals surface area contributed by atoms with Crippen LogP contribution >= 0.6 is 0 Å². The van der Waals surface area contributed by atoms with Crippen LogP contribution in [0.25, 0.3) is 17.0 Å². The van der Waals surface area contributed by atoms with E-state index >= 15 is 0 Å². The molecule has 0 unspecified atom stereocenters. The minimum atomic E-state index is -5.05. The third kappa shape index (κ3) is 5.06. The Bertz CT molecular complexity index is 1290. The van der Waals surface area contributed by atoms with E-state index in [2.05, 4.69) is 0 Å². The molecular weight excluding hydrogens is 454 g/mol. The number of alkyl halides is 6. The molecule has 0 bridgehead atoms. The average Bonchev–Trinajstić information content (AvgIpc) is 3.09. The molecule has 33 heavy (non-hydrogen) atoms. The lowest BCUT2D eigenvalue weighted by Gasteiger charge is -2.14. The van der Waals surface area contributed by atoms with E-state index in [1.54, 1.807) is 6.07 Å². The van der Waals surface area contributed by atoms with Crippen molar-refractivity contribution in [1.29, 1.82) is 5.26 Å². The molecule has 1 N–H and O–H groups in total. The normalized spacial score (nSPS) is 12.6. The SMILES string of the molecule is N#CC(=Cc1cn(C(=O)Cc2cc(C(F)(F)F)cc(C(F)(F)F)c2)c2ccccc12)C(=O)O. The van der Waals surface area contributed by atoms with Crippen LogP contribution in [0.4, 0.5) is 26.3 Å². The van der Waals surface area contributed by atoms with Gasteiger partial charge in [0.2, 0.25) is 5.91 Å². The molecule has 1 aromatic heterocycles. The molecule has 0 spiro atoms. The summed E-state index contributed by atoms with van der Waals surface area (Å²) in [6.07, 6.45) is -8.71. The summed E-state index contributed by atoms with van der Waals surface area (Å²) in [6.45, 7) is 0. The minimum Gasteiger partial charge on any atom is -0.477 e. The third-order valence-corrected chi connectivity index (χ3v) is 4.66. The van der Waals surface area contributed by atoms with Crippen LogP contribution in [0.5, 0.6) is 0 Å². The molecule has 5 nitrogen and oxygen atoms in total. The molecular formula is C22H12F6N2O3. The van der Waals surface area contributed by atoms with Gasteiger partial charge in [-0.15, -0.1) is 0 Å². The van der Waals surface area contributed by atoms with Crippen molar-refractivity contribution in [1.82, 2.24) is 4.57 Å². The van der Waals surface area contributed by atoms with Crippen molar-refractivity contribution in [2.45, 2.75) is 18.8 Å². The summed E-state index contributed by atoms with van der Waals surface area (Å²) in [5.41, 5.74) is -3.81. The number of hydrogen-bond acceptors (Lipinski definition) is 3. The van der Waals surface area contributed by atoms with Crippen LogP contribution in [0, 0.1) is 11.3 Å². The van der Waals surface area contributed by atoms with Gasteiger partial charge in [0.05, 0.1) is 23.1 Å². The summed E-state index contributed by atoms with van der Waals surface area (Å²) in [6, 6.07) is 8.49. The molecule has 11 heteroatoms. The molecule has 0 aliphatic rings. The van der Waals surface area contributed by atoms with Crippen LogP contribution in [0.2, 0.25) is 0 Å². The maximum absolute atomic E-state index is 13.1. The van der Waals surface area contributed by atoms with Gasteiger partial charge < -0.3 is 5.11 Å². The number of hydrogen-bond donors (Lipinski definition) is 1. The molecule has 0 saturated heterocycles. The van der Waals surface area contributed by atoms with Gasteiger partial charge >= 0.3 is 18.3 Å². The van der Waals surface area contributed by atoms with Crippen molar-refractivity contribution in [3.05, 3.63) is 76.5 Å². The number of aromatic nitrogens is 1. The molecule has 0 aliphatic heterocycles. The maximum Gasteiger partial charge on any atom is 0.416 e. The second-order valence-corrected chi connectivity index (χ2v) is 6.93. The lowest BCUT2D eigenvalue weighted by atomic mass is 10.0. The molecule has 0 atom stereocenters. The standard InChI is InChI=1S/C22H12F6N2O3/c23-21(24,25)15-5-12(6-16(9-15)22(26,27)28)7-19(31)30-11-14(8-13(10-29)20(32)33)17-3-1-2-4-18(17)30/h1-6,8-9,11H,7H2,(H,32,33). The predicted molar refractivity (Wildman–Crippen MR) is 104 cm³/mol. The van der Waals surface area contributed by atoms with Gasteiger partial charge in [-0.3, -0.25) is 9.36 Å². The zero-order chi connectivity index (χ0) is 24.6. The zero-order valence-corrected chi connectivity index (χ0v) is 16.3. The first kappa shape index (κ1) is 23.6. The Balaban J connectivity index is 2.08. The first-order valence-electron chi connectivity index (χ1n) is 9.08. The summed E-state index contributed by atoms with van der Waals surface area (Å²) < 4.78 is 79.5. The number of aliphatic carboxylic acids is 1. The summed E-state index contributed by atoms with van der Waals surface area (Å²) in [5, 5.41) is 18.4. The maximum atomic E-state index is 13.1. The quantitative estimate of drug-likeness (QED) is 0.310. The fourth-order valence-electron chi connectivity index (χ4n) is 3.21. The number of carbonyl (C=O) groups is 2. The summed E-state index contributed by atoms with van der Waals surface area (Å²) in [7, 11) is 0. The van der Waals surface area contributed by atoms with Crippen LogP contribution in [0.1, 0.15) is 27.0 Å². The van der Waals surface area contributed by atoms with E-state index in [0.717, 1.165) is 10.6 Å². The highest BCUT2D eigenvalue weighted by atomic mass is 19.4. The van der Waals surface area contributed by atoms with E-state index in [9.17, 15) is 35.9 Å². The van der Waals surface area contributed by atoms with Crippen LogP contribution in [-0.2, 0) is 23.6 Å². The van der Waals surface area contributed by atoms with Crippen LogP contribution in [-0.4, -0.2) is 21.6 Å². The first-order chi connectivity index (χ1) is 15.3. The second kappa shape index (κ2) is 8.46. The number of carboxylic acids is 1. The molecule has 0 saturated carbocycles. The Labute approximate surface area is 181 Å². The van der Waals surface area contributed by atoms with Crippen molar-refractivity contribution in [2.75, 3.05) is 0 Å². The summed E-state index contributed by atoms with van der Waals surface area (Å²) >= 11 is 0. The number of para-hydroxylation sites is 1. The van der Waals surface area contributed by atoms with Crippen LogP contribution in [0.3, 0.4) is 0 Å². The first-order valence-corrected chi connectivity index (χ1v) is 9.08. The molecule has 0 amide bonds. The number of rotatable bonds is 4. The zero-order valence-electron chi connectivity index (χ0n) is 16.3. The van der Waals surface area contributed by atoms with Gasteiger partial charge in [0, 0.05) is 17.1 Å². The molecule has 2 aromatic carbocycles. The highest BCUT2D eigenvalue weighted by Crippen LogP contribution is 2.36. The number of benzene rings is 2. The smallest absolute Gasteiger partial charge is 0.416 e. The second-order valence-electron chi connectivity index (χ2n) is 6.93. The molecule has 0 aliphatic carbocycles. The predicted octanol–water partition coefficient (Wildman–Crippen LogP) is 5.55. The minimum absolute atomic E-state index is 0.0305. The lowest BCUT2D eigenvalue weighted by molar-refractivity contribution is -0.143. The summed E-state index contributed by atoms with van der Waals surface area (Å²) in [5.74, 6) is -2.36. The van der Waals surface area contributed by atoms with Crippen molar-refractivity contribution < 1.29 is 41.0 Å². The van der Waals surface area contributed by atoms with Gasteiger partial charge in [-0.05, 0) is 35.9 Å². The Hall–Kier alpha value is -4.07. The Morgan fingerprint density at radius 1 is 1.00 bits per heavy atom. The Kier molecular flexibility index (Phi) is 6.05. The highest BCUT2D eigenvalue weighted by Gasteiger charge is 2.37. The molecule has 3 rings (SSSR count). The molecule has 170 valence electrons. The van der Waals surface area contributed by atoms with Gasteiger partial charge in [0.25, 0.3) is 0 Å². The fraction of sp³-hybridized carbons (Fsp3) is 0.136. The van der Waals surface area contributed by atoms with Gasteiger partial charge in [-0.25, -0.2) is 4.79 Å². The molecule has 0 fully saturated rings. The van der Waals surface area contributed by atoms with E-state index < -0.39 is 52.9 Å². The third-order valence-electron chi connectivity index (χ3n) is 4.66. The lowest BCUT2D eigenvalue weighted by Crippen LogP contribution is -2.16. The Morgan fingerprint density at radius 3 is 2.09 bits per heavy atom. The summed E-state index contributed by atoms with van der Waals surface area (Å²) in [4.78, 5) is 24.0. The monoisotopic (exact) mass is 466 g/mol. The van der Waals surface area contributed by atoms with Crippen molar-refractivity contribution in [2.24, 2.45) is 0 Å². The van der Waals surface area contributed by atoms with Crippen molar-refractivity contribution in [3.8, 4) is 6.07 Å². The van der Waals surface area contributed by atoms with Gasteiger partial charge in [-0.1, -0.05) is 18.2 Å². The molecule has 1 heterocycles. The molecule has 3 aromatic rings. The number of nitriles is 1. The fourth-order valence-corrected chi connectivity index (χ4v) is 3.21. The van der Waals surface area contributed by atoms with E-state index in [0.29, 0.717) is 17.5 Å². The van der Waals surface area contributed by atoms with E-state index in [1.807, 2.05) is 0 Å². The van der Waals surface area contributed by atoms with Crippen LogP contribution in [0.15, 0.2) is 54.2 Å². The van der Waals surface area contributed by atoms with Gasteiger partial charge in [0.15, 0.2) is 0 Å². The number of halogens is 6. The van der Waals surface area contributed by atoms with E-state index in [4.69, 9.17) is 10.4 Å². The van der Waals surface area contributed by atoms with Crippen LogP contribution < -0.4 is 0 Å². The van der Waals surface area contributed by atoms with Gasteiger partial charge in [-0.2, -0.15) is 31.6 Å². The van der Waals surface area contributed by atoms with Crippen molar-refractivity contribution in [3.63, 3.8) is 0 Å². The average molecular weight is 466 g/mol. The van der Waals surface area contributed by atoms with E-state index in [-0.39, 0.29) is 17.1 Å². The van der Waals surface area contributed by atoms with E-state index in [1.165, 1.54) is 30.5 Å². The highest BCUT2D eigenvalue weighted by molar-refractivity contribution is 6.02. The Morgan fingerprint density at radius 2 is 1.58 bits per heavy atom. The topological polar surface area (TPSA) is 83.1 Å². The number of nitrogens with zero attached hydrogens (tertiary/aromatic N) is 2. The number of carboxylic acid groups (broad SMARTS) is 1. The largest absolute Gasteiger partial charge is 0.477 e. The van der Waals surface area contributed by atoms with Gasteiger partial charge in [0.1, 0.15) is 11.6 Å².